The van der Waals surface area contributed by atoms with Crippen LogP contribution >= 0.6 is 11.6 Å². The Morgan fingerprint density at radius 1 is 1.17 bits per heavy atom. The zero-order chi connectivity index (χ0) is 16.2. The van der Waals surface area contributed by atoms with E-state index in [4.69, 9.17) is 11.6 Å². The number of nitrogens with zero attached hydrogens (tertiary/aromatic N) is 5. The number of halogens is 4. The van der Waals surface area contributed by atoms with E-state index in [-0.39, 0.29) is 5.02 Å². The molecule has 0 N–H and O–H groups in total. The van der Waals surface area contributed by atoms with Crippen molar-refractivity contribution in [2.45, 2.75) is 38.0 Å². The van der Waals surface area contributed by atoms with Gasteiger partial charge in [-0.05, 0) is 18.9 Å². The summed E-state index contributed by atoms with van der Waals surface area (Å²) in [5.74, 6) is 2.68. The molecule has 0 amide bonds. The molecule has 5 nitrogen and oxygen atoms in total. The quantitative estimate of drug-likeness (QED) is 0.840. The summed E-state index contributed by atoms with van der Waals surface area (Å²) >= 11 is 6.01. The van der Waals surface area contributed by atoms with Gasteiger partial charge in [-0.15, -0.1) is 10.2 Å². The normalized spacial score (nSPS) is 18.2. The second-order valence-corrected chi connectivity index (χ2v) is 6.26. The standard InChI is InChI=1S/C14H13ClF3N5/c15-10-5-9(14(16,17)18)6-19-13(10)22-3-4-23-11(7-22)20-21-12(23)8-1-2-8/h5-6,8H,1-4,7H2. The first-order chi connectivity index (χ1) is 10.9. The fraction of sp³-hybridized carbons (Fsp3) is 0.500. The van der Waals surface area contributed by atoms with Gasteiger partial charge in [0.2, 0.25) is 0 Å². The van der Waals surface area contributed by atoms with Crippen LogP contribution in [-0.2, 0) is 19.3 Å². The molecule has 1 aliphatic heterocycles. The second-order valence-electron chi connectivity index (χ2n) is 5.85. The molecule has 4 rings (SSSR count). The summed E-state index contributed by atoms with van der Waals surface area (Å²) in [6.07, 6.45) is -1.34. The third-order valence-electron chi connectivity index (χ3n) is 4.17. The van der Waals surface area contributed by atoms with Gasteiger partial charge in [0, 0.05) is 25.2 Å². The van der Waals surface area contributed by atoms with Gasteiger partial charge in [-0.2, -0.15) is 13.2 Å². The SMILES string of the molecule is FC(F)(F)c1cnc(N2CCn3c(nnc3C3CC3)C2)c(Cl)c1. The fourth-order valence-corrected chi connectivity index (χ4v) is 3.11. The van der Waals surface area contributed by atoms with Crippen LogP contribution in [0.4, 0.5) is 19.0 Å². The zero-order valence-corrected chi connectivity index (χ0v) is 12.8. The van der Waals surface area contributed by atoms with Crippen LogP contribution in [0.3, 0.4) is 0 Å². The molecule has 1 saturated carbocycles. The van der Waals surface area contributed by atoms with E-state index in [1.807, 2.05) is 4.90 Å². The van der Waals surface area contributed by atoms with Crippen LogP contribution in [0.5, 0.6) is 0 Å². The highest BCUT2D eigenvalue weighted by atomic mass is 35.5. The van der Waals surface area contributed by atoms with Gasteiger partial charge in [-0.25, -0.2) is 4.98 Å². The first kappa shape index (κ1) is 14.7. The average molecular weight is 344 g/mol. The van der Waals surface area contributed by atoms with Gasteiger partial charge in [-0.3, -0.25) is 0 Å². The predicted molar refractivity (Wildman–Crippen MR) is 77.3 cm³/mol. The van der Waals surface area contributed by atoms with Gasteiger partial charge >= 0.3 is 6.18 Å². The summed E-state index contributed by atoms with van der Waals surface area (Å²) in [6, 6.07) is 0.916. The van der Waals surface area contributed by atoms with Crippen molar-refractivity contribution < 1.29 is 13.2 Å². The zero-order valence-electron chi connectivity index (χ0n) is 12.0. The van der Waals surface area contributed by atoms with Crippen molar-refractivity contribution in [3.05, 3.63) is 34.5 Å². The number of anilines is 1. The van der Waals surface area contributed by atoms with E-state index in [0.717, 1.165) is 36.8 Å². The first-order valence-corrected chi connectivity index (χ1v) is 7.71. The van der Waals surface area contributed by atoms with Crippen molar-refractivity contribution in [3.8, 4) is 0 Å². The van der Waals surface area contributed by atoms with Crippen LogP contribution in [-0.4, -0.2) is 26.3 Å². The summed E-state index contributed by atoms with van der Waals surface area (Å²) in [6.45, 7) is 1.74. The van der Waals surface area contributed by atoms with Gasteiger partial charge in [0.25, 0.3) is 0 Å². The molecular formula is C14H13ClF3N5. The molecule has 1 aliphatic carbocycles. The molecule has 1 fully saturated rings. The Morgan fingerprint density at radius 2 is 1.96 bits per heavy atom. The Balaban J connectivity index is 1.59. The van der Waals surface area contributed by atoms with Crippen molar-refractivity contribution in [3.63, 3.8) is 0 Å². The lowest BCUT2D eigenvalue weighted by Crippen LogP contribution is -2.35. The maximum absolute atomic E-state index is 12.7. The molecule has 2 aliphatic rings. The van der Waals surface area contributed by atoms with Gasteiger partial charge in [0.15, 0.2) is 5.82 Å². The monoisotopic (exact) mass is 343 g/mol. The molecule has 0 spiro atoms. The Kier molecular flexibility index (Phi) is 3.26. The van der Waals surface area contributed by atoms with E-state index >= 15 is 0 Å². The van der Waals surface area contributed by atoms with Gasteiger partial charge < -0.3 is 9.47 Å². The van der Waals surface area contributed by atoms with Crippen LogP contribution in [0, 0.1) is 0 Å². The number of alkyl halides is 3. The van der Waals surface area contributed by atoms with E-state index in [1.165, 1.54) is 0 Å². The second kappa shape index (κ2) is 5.09. The van der Waals surface area contributed by atoms with Crippen LogP contribution in [0.25, 0.3) is 0 Å². The minimum Gasteiger partial charge on any atom is -0.346 e. The van der Waals surface area contributed by atoms with Crippen molar-refractivity contribution in [2.24, 2.45) is 0 Å². The van der Waals surface area contributed by atoms with Crippen LogP contribution in [0.1, 0.15) is 36.0 Å². The lowest BCUT2D eigenvalue weighted by atomic mass is 10.2. The van der Waals surface area contributed by atoms with Crippen LogP contribution in [0.15, 0.2) is 12.3 Å². The average Bonchev–Trinajstić information content (AvgIpc) is 3.25. The van der Waals surface area contributed by atoms with Gasteiger partial charge in [0.05, 0.1) is 17.1 Å². The van der Waals surface area contributed by atoms with Gasteiger partial charge in [-0.1, -0.05) is 11.6 Å². The number of fused-ring (bicyclic) bond motifs is 1. The summed E-state index contributed by atoms with van der Waals surface area (Å²) in [5.41, 5.74) is -0.845. The van der Waals surface area contributed by atoms with Crippen LogP contribution < -0.4 is 4.90 Å². The molecule has 0 aromatic carbocycles. The summed E-state index contributed by atoms with van der Waals surface area (Å²) in [4.78, 5) is 5.75. The first-order valence-electron chi connectivity index (χ1n) is 7.33. The van der Waals surface area contributed by atoms with Crippen molar-refractivity contribution in [2.75, 3.05) is 11.4 Å². The molecule has 0 bridgehead atoms. The van der Waals surface area contributed by atoms with E-state index in [9.17, 15) is 13.2 Å². The largest absolute Gasteiger partial charge is 0.417 e. The minimum absolute atomic E-state index is 0.00444. The highest BCUT2D eigenvalue weighted by molar-refractivity contribution is 6.33. The Labute approximate surface area is 135 Å². The summed E-state index contributed by atoms with van der Waals surface area (Å²) < 4.78 is 40.2. The fourth-order valence-electron chi connectivity index (χ4n) is 2.82. The highest BCUT2D eigenvalue weighted by Crippen LogP contribution is 2.40. The Morgan fingerprint density at radius 3 is 2.61 bits per heavy atom. The number of rotatable bonds is 2. The highest BCUT2D eigenvalue weighted by Gasteiger charge is 2.34. The molecule has 0 radical (unpaired) electrons. The maximum atomic E-state index is 12.7. The molecule has 0 unspecified atom stereocenters. The molecule has 0 saturated heterocycles. The molecule has 2 aromatic rings. The maximum Gasteiger partial charge on any atom is 0.417 e. The van der Waals surface area contributed by atoms with E-state index in [2.05, 4.69) is 19.7 Å². The topological polar surface area (TPSA) is 46.8 Å². The van der Waals surface area contributed by atoms with Crippen molar-refractivity contribution >= 4 is 17.4 Å². The summed E-state index contributed by atoms with van der Waals surface area (Å²) in [7, 11) is 0. The van der Waals surface area contributed by atoms with E-state index < -0.39 is 11.7 Å². The van der Waals surface area contributed by atoms with Crippen molar-refractivity contribution in [1.82, 2.24) is 19.7 Å². The molecule has 23 heavy (non-hydrogen) atoms. The van der Waals surface area contributed by atoms with E-state index in [1.54, 1.807) is 0 Å². The number of pyridine rings is 1. The molecule has 2 aromatic heterocycles. The summed E-state index contributed by atoms with van der Waals surface area (Å²) in [5, 5.41) is 8.44. The van der Waals surface area contributed by atoms with E-state index in [0.29, 0.717) is 31.4 Å². The minimum atomic E-state index is -4.45. The number of hydrogen-bond donors (Lipinski definition) is 0. The molecule has 9 heteroatoms. The molecule has 3 heterocycles. The number of hydrogen-bond acceptors (Lipinski definition) is 4. The van der Waals surface area contributed by atoms with Gasteiger partial charge in [0.1, 0.15) is 11.6 Å². The third-order valence-corrected chi connectivity index (χ3v) is 4.45. The Bertz CT molecular complexity index is 753. The molecule has 0 atom stereocenters. The predicted octanol–water partition coefficient (Wildman–Crippen LogP) is 3.24. The lowest BCUT2D eigenvalue weighted by Gasteiger charge is -2.29. The van der Waals surface area contributed by atoms with Crippen LogP contribution in [0.2, 0.25) is 5.02 Å². The smallest absolute Gasteiger partial charge is 0.346 e. The number of aromatic nitrogens is 4. The molecular weight excluding hydrogens is 331 g/mol. The third kappa shape index (κ3) is 2.65. The lowest BCUT2D eigenvalue weighted by molar-refractivity contribution is -0.137. The van der Waals surface area contributed by atoms with Crippen molar-refractivity contribution in [1.29, 1.82) is 0 Å². The Hall–Kier alpha value is -1.83. The molecule has 122 valence electrons.